The monoisotopic (exact) mass is 379 g/mol. The first-order chi connectivity index (χ1) is 12.1. The van der Waals surface area contributed by atoms with Gasteiger partial charge in [0.2, 0.25) is 10.0 Å². The molecule has 1 fully saturated rings. The van der Waals surface area contributed by atoms with Gasteiger partial charge in [0.25, 0.3) is 0 Å². The highest BCUT2D eigenvalue weighted by Gasteiger charge is 2.29. The van der Waals surface area contributed by atoms with Gasteiger partial charge in [-0.05, 0) is 30.0 Å². The van der Waals surface area contributed by atoms with E-state index in [-0.39, 0.29) is 6.03 Å². The Morgan fingerprint density at radius 1 is 1.04 bits per heavy atom. The maximum absolute atomic E-state index is 12.6. The number of rotatable bonds is 5. The maximum atomic E-state index is 12.6. The van der Waals surface area contributed by atoms with Crippen molar-refractivity contribution in [3.05, 3.63) is 52.7 Å². The van der Waals surface area contributed by atoms with Crippen molar-refractivity contribution in [1.82, 2.24) is 14.5 Å². The quantitative estimate of drug-likeness (QED) is 0.864. The minimum Gasteiger partial charge on any atom is -0.338 e. The lowest BCUT2D eigenvalue weighted by Crippen LogP contribution is -2.53. The fourth-order valence-electron chi connectivity index (χ4n) is 2.73. The van der Waals surface area contributed by atoms with E-state index in [1.54, 1.807) is 46.6 Å². The molecule has 1 N–H and O–H groups in total. The topological polar surface area (TPSA) is 69.7 Å². The number of carbonyl (C=O) groups is 1. The van der Waals surface area contributed by atoms with E-state index in [1.165, 1.54) is 9.18 Å². The van der Waals surface area contributed by atoms with E-state index in [2.05, 4.69) is 5.32 Å². The van der Waals surface area contributed by atoms with Gasteiger partial charge in [-0.2, -0.15) is 4.31 Å². The Hall–Kier alpha value is -1.90. The minimum absolute atomic E-state index is 0.131. The lowest BCUT2D eigenvalue weighted by molar-refractivity contribution is 0.172. The Labute approximate surface area is 152 Å². The molecule has 0 aliphatic carbocycles. The van der Waals surface area contributed by atoms with Gasteiger partial charge in [0.1, 0.15) is 0 Å². The van der Waals surface area contributed by atoms with Crippen molar-refractivity contribution in [3.8, 4) is 0 Å². The molecule has 25 heavy (non-hydrogen) atoms. The Morgan fingerprint density at radius 3 is 2.40 bits per heavy atom. The number of nitrogens with zero attached hydrogens (tertiary/aromatic N) is 2. The van der Waals surface area contributed by atoms with Crippen LogP contribution in [0, 0.1) is 0 Å². The van der Waals surface area contributed by atoms with Crippen LogP contribution in [0.2, 0.25) is 0 Å². The van der Waals surface area contributed by atoms with E-state index in [4.69, 9.17) is 0 Å². The Kier molecular flexibility index (Phi) is 5.72. The highest BCUT2D eigenvalue weighted by Crippen LogP contribution is 2.17. The Morgan fingerprint density at radius 2 is 1.76 bits per heavy atom. The normalized spacial score (nSPS) is 15.9. The molecule has 1 aromatic carbocycles. The predicted octanol–water partition coefficient (Wildman–Crippen LogP) is 2.01. The third kappa shape index (κ3) is 4.39. The molecule has 0 spiro atoms. The highest BCUT2D eigenvalue weighted by atomic mass is 32.2. The second kappa shape index (κ2) is 7.99. The molecule has 0 radical (unpaired) electrons. The summed E-state index contributed by atoms with van der Waals surface area (Å²) in [6, 6.07) is 12.3. The number of hydrogen-bond acceptors (Lipinski definition) is 4. The minimum atomic E-state index is -3.48. The zero-order chi connectivity index (χ0) is 17.7. The van der Waals surface area contributed by atoms with Crippen LogP contribution in [0.1, 0.15) is 4.88 Å². The van der Waals surface area contributed by atoms with Crippen LogP contribution in [0.3, 0.4) is 0 Å². The summed E-state index contributed by atoms with van der Waals surface area (Å²) in [5, 5.41) is 4.92. The van der Waals surface area contributed by atoms with Gasteiger partial charge in [-0.15, -0.1) is 11.3 Å². The van der Waals surface area contributed by atoms with Crippen molar-refractivity contribution in [1.29, 1.82) is 0 Å². The molecule has 1 aliphatic rings. The van der Waals surface area contributed by atoms with Gasteiger partial charge in [-0.25, -0.2) is 13.2 Å². The zero-order valence-electron chi connectivity index (χ0n) is 13.8. The fourth-order valence-corrected chi connectivity index (χ4v) is 4.88. The molecular formula is C17H21N3O3S2. The van der Waals surface area contributed by atoms with E-state index in [1.807, 2.05) is 17.5 Å². The van der Waals surface area contributed by atoms with Crippen molar-refractivity contribution in [2.75, 3.05) is 32.7 Å². The van der Waals surface area contributed by atoms with E-state index in [0.717, 1.165) is 6.42 Å². The van der Waals surface area contributed by atoms with Gasteiger partial charge in [0, 0.05) is 37.6 Å². The van der Waals surface area contributed by atoms with E-state index in [0.29, 0.717) is 37.6 Å². The summed E-state index contributed by atoms with van der Waals surface area (Å²) in [7, 11) is -3.48. The molecule has 1 aliphatic heterocycles. The van der Waals surface area contributed by atoms with Crippen molar-refractivity contribution in [3.63, 3.8) is 0 Å². The fraction of sp³-hybridized carbons (Fsp3) is 0.353. The Bertz CT molecular complexity index is 784. The van der Waals surface area contributed by atoms with Crippen LogP contribution in [-0.4, -0.2) is 56.4 Å². The SMILES string of the molecule is O=C(NCCc1cccs1)N1CCN(S(=O)(=O)c2ccccc2)CC1. The number of piperazine rings is 1. The summed E-state index contributed by atoms with van der Waals surface area (Å²) in [4.78, 5) is 15.4. The van der Waals surface area contributed by atoms with E-state index >= 15 is 0 Å². The predicted molar refractivity (Wildman–Crippen MR) is 98.2 cm³/mol. The van der Waals surface area contributed by atoms with Crippen LogP contribution in [0.15, 0.2) is 52.7 Å². The number of urea groups is 1. The van der Waals surface area contributed by atoms with Gasteiger partial charge < -0.3 is 10.2 Å². The second-order valence-corrected chi connectivity index (χ2v) is 8.74. The van der Waals surface area contributed by atoms with Gasteiger partial charge in [0.05, 0.1) is 4.90 Å². The van der Waals surface area contributed by atoms with Crippen molar-refractivity contribution in [2.45, 2.75) is 11.3 Å². The molecule has 8 heteroatoms. The second-order valence-electron chi connectivity index (χ2n) is 5.77. The molecule has 0 unspecified atom stereocenters. The molecule has 0 saturated carbocycles. The van der Waals surface area contributed by atoms with Crippen LogP contribution in [0.25, 0.3) is 0 Å². The van der Waals surface area contributed by atoms with Crippen molar-refractivity contribution < 1.29 is 13.2 Å². The summed E-state index contributed by atoms with van der Waals surface area (Å²) in [6.45, 7) is 2.01. The third-order valence-corrected chi connectivity index (χ3v) is 6.98. The number of amides is 2. The maximum Gasteiger partial charge on any atom is 0.317 e. The molecule has 134 valence electrons. The van der Waals surface area contributed by atoms with Gasteiger partial charge >= 0.3 is 6.03 Å². The molecule has 6 nitrogen and oxygen atoms in total. The van der Waals surface area contributed by atoms with E-state index in [9.17, 15) is 13.2 Å². The van der Waals surface area contributed by atoms with Crippen LogP contribution in [0.4, 0.5) is 4.79 Å². The molecule has 0 atom stereocenters. The molecular weight excluding hydrogens is 358 g/mol. The molecule has 1 aromatic heterocycles. The van der Waals surface area contributed by atoms with Crippen molar-refractivity contribution in [2.24, 2.45) is 0 Å². The smallest absolute Gasteiger partial charge is 0.317 e. The number of nitrogens with one attached hydrogen (secondary N) is 1. The largest absolute Gasteiger partial charge is 0.338 e. The number of hydrogen-bond donors (Lipinski definition) is 1. The molecule has 3 rings (SSSR count). The lowest BCUT2D eigenvalue weighted by Gasteiger charge is -2.34. The first-order valence-corrected chi connectivity index (χ1v) is 10.5. The molecule has 0 bridgehead atoms. The lowest BCUT2D eigenvalue weighted by atomic mass is 10.3. The zero-order valence-corrected chi connectivity index (χ0v) is 15.4. The standard InChI is InChI=1S/C17H21N3O3S2/c21-17(18-9-8-15-5-4-14-24-15)19-10-12-20(13-11-19)25(22,23)16-6-2-1-3-7-16/h1-7,14H,8-13H2,(H,18,21). The van der Waals surface area contributed by atoms with Crippen LogP contribution in [0.5, 0.6) is 0 Å². The summed E-state index contributed by atoms with van der Waals surface area (Å²) in [6.07, 6.45) is 0.811. The summed E-state index contributed by atoms with van der Waals surface area (Å²) >= 11 is 1.67. The van der Waals surface area contributed by atoms with E-state index < -0.39 is 10.0 Å². The first-order valence-electron chi connectivity index (χ1n) is 8.18. The molecule has 2 amide bonds. The van der Waals surface area contributed by atoms with Crippen molar-refractivity contribution >= 4 is 27.4 Å². The van der Waals surface area contributed by atoms with Gasteiger partial charge in [-0.1, -0.05) is 24.3 Å². The molecule has 2 aromatic rings. The third-order valence-electron chi connectivity index (χ3n) is 4.13. The van der Waals surface area contributed by atoms with Gasteiger partial charge in [0.15, 0.2) is 0 Å². The first kappa shape index (κ1) is 17.9. The molecule has 2 heterocycles. The number of carbonyl (C=O) groups excluding carboxylic acids is 1. The van der Waals surface area contributed by atoms with Crippen LogP contribution < -0.4 is 5.32 Å². The van der Waals surface area contributed by atoms with Gasteiger partial charge in [-0.3, -0.25) is 0 Å². The number of benzene rings is 1. The highest BCUT2D eigenvalue weighted by molar-refractivity contribution is 7.89. The van der Waals surface area contributed by atoms with Crippen LogP contribution in [-0.2, 0) is 16.4 Å². The average Bonchev–Trinajstić information content (AvgIpc) is 3.16. The summed E-state index contributed by atoms with van der Waals surface area (Å²) in [5.74, 6) is 0. The average molecular weight is 380 g/mol. The molecule has 1 saturated heterocycles. The summed E-state index contributed by atoms with van der Waals surface area (Å²) < 4.78 is 26.6. The van der Waals surface area contributed by atoms with Crippen LogP contribution >= 0.6 is 11.3 Å². The summed E-state index contributed by atoms with van der Waals surface area (Å²) in [5.41, 5.74) is 0. The number of thiophene rings is 1. The number of sulfonamides is 1. The Balaban J connectivity index is 1.49.